The lowest BCUT2D eigenvalue weighted by molar-refractivity contribution is -0.136. The van der Waals surface area contributed by atoms with E-state index in [1.807, 2.05) is 6.92 Å². The van der Waals surface area contributed by atoms with Crippen LogP contribution in [0.25, 0.3) is 6.08 Å². The van der Waals surface area contributed by atoms with Crippen LogP contribution in [0.2, 0.25) is 10.0 Å². The Labute approximate surface area is 203 Å². The molecule has 0 aromatic heterocycles. The fraction of sp³-hybridized carbons (Fsp3) is 0.160. The third-order valence-electron chi connectivity index (χ3n) is 5.51. The zero-order valence-corrected chi connectivity index (χ0v) is 20.2. The van der Waals surface area contributed by atoms with Gasteiger partial charge in [-0.25, -0.2) is 13.2 Å². The lowest BCUT2D eigenvalue weighted by Crippen LogP contribution is -2.19. The van der Waals surface area contributed by atoms with Crippen molar-refractivity contribution < 1.29 is 17.9 Å². The zero-order valence-electron chi connectivity index (χ0n) is 17.9. The smallest absolute Gasteiger partial charge is 0.335 e. The number of aryl methyl sites for hydroxylation is 1. The van der Waals surface area contributed by atoms with Crippen LogP contribution in [0.15, 0.2) is 83.3 Å². The maximum atomic E-state index is 13.6. The average Bonchev–Trinajstić information content (AvgIpc) is 3.55. The summed E-state index contributed by atoms with van der Waals surface area (Å²) in [7, 11) is -2.66. The molecule has 0 saturated carbocycles. The minimum absolute atomic E-state index is 0.142. The normalized spacial score (nSPS) is 20.4. The van der Waals surface area contributed by atoms with Crippen molar-refractivity contribution in [2.45, 2.75) is 23.9 Å². The molecule has 1 saturated heterocycles. The van der Waals surface area contributed by atoms with E-state index in [4.69, 9.17) is 27.9 Å². The van der Waals surface area contributed by atoms with Gasteiger partial charge in [0.05, 0.1) is 29.7 Å². The van der Waals surface area contributed by atoms with Gasteiger partial charge in [0.1, 0.15) is 0 Å². The Bertz CT molecular complexity index is 1320. The largest absolute Gasteiger partial charge is 0.466 e. The maximum Gasteiger partial charge on any atom is 0.335 e. The molecule has 3 atom stereocenters. The number of carbonyl (C=O) groups excluding carboxylic acids is 1. The van der Waals surface area contributed by atoms with E-state index >= 15 is 0 Å². The first-order chi connectivity index (χ1) is 15.7. The summed E-state index contributed by atoms with van der Waals surface area (Å²) in [5, 5.41) is 0.973. The monoisotopic (exact) mass is 501 g/mol. The van der Waals surface area contributed by atoms with Gasteiger partial charge in [-0.05, 0) is 54.5 Å². The number of hydrogen-bond donors (Lipinski definition) is 0. The van der Waals surface area contributed by atoms with Gasteiger partial charge in [-0.15, -0.1) is 0 Å². The van der Waals surface area contributed by atoms with Gasteiger partial charge in [0.25, 0.3) is 0 Å². The minimum atomic E-state index is -3.93. The average molecular weight is 502 g/mol. The van der Waals surface area contributed by atoms with Gasteiger partial charge in [0.2, 0.25) is 10.0 Å². The summed E-state index contributed by atoms with van der Waals surface area (Å²) in [6.45, 7) is 1.88. The number of methoxy groups -OCH3 is 1. The summed E-state index contributed by atoms with van der Waals surface area (Å²) in [6, 6.07) is 19.1. The number of rotatable bonds is 6. The highest BCUT2D eigenvalue weighted by atomic mass is 35.5. The molecule has 1 aliphatic rings. The maximum absolute atomic E-state index is 13.6. The number of ether oxygens (including phenoxy) is 1. The molecule has 170 valence electrons. The van der Waals surface area contributed by atoms with Crippen LogP contribution in [-0.2, 0) is 19.6 Å². The number of esters is 1. The molecule has 0 bridgehead atoms. The molecule has 8 heteroatoms. The van der Waals surface area contributed by atoms with Crippen molar-refractivity contribution in [3.8, 4) is 0 Å². The molecule has 1 unspecified atom stereocenters. The van der Waals surface area contributed by atoms with Crippen LogP contribution in [-0.4, -0.2) is 31.8 Å². The fourth-order valence-corrected chi connectivity index (χ4v) is 5.89. The Kier molecular flexibility index (Phi) is 6.64. The van der Waals surface area contributed by atoms with E-state index in [-0.39, 0.29) is 10.5 Å². The highest BCUT2D eigenvalue weighted by Gasteiger charge is 2.60. The number of nitrogens with zero attached hydrogens (tertiary/aromatic N) is 1. The number of hydrogen-bond acceptors (Lipinski definition) is 4. The van der Waals surface area contributed by atoms with E-state index in [0.29, 0.717) is 21.2 Å². The first-order valence-electron chi connectivity index (χ1n) is 10.1. The summed E-state index contributed by atoms with van der Waals surface area (Å²) in [6.07, 6.45) is 1.63. The molecular formula is C25H21Cl2NO4S. The topological polar surface area (TPSA) is 63.5 Å². The second-order valence-corrected chi connectivity index (χ2v) is 10.4. The molecule has 1 aliphatic heterocycles. The van der Waals surface area contributed by atoms with E-state index < -0.39 is 28.1 Å². The third kappa shape index (κ3) is 4.70. The summed E-state index contributed by atoms with van der Waals surface area (Å²) < 4.78 is 33.5. The molecule has 0 radical (unpaired) electrons. The molecule has 1 fully saturated rings. The molecule has 3 aromatic rings. The van der Waals surface area contributed by atoms with Gasteiger partial charge in [-0.1, -0.05) is 71.2 Å². The van der Waals surface area contributed by atoms with Crippen molar-refractivity contribution >= 4 is 45.3 Å². The Morgan fingerprint density at radius 1 is 0.970 bits per heavy atom. The van der Waals surface area contributed by atoms with Crippen molar-refractivity contribution in [3.05, 3.63) is 105 Å². The Balaban J connectivity index is 1.84. The third-order valence-corrected chi connectivity index (χ3v) is 7.98. The molecular weight excluding hydrogens is 481 g/mol. The molecule has 33 heavy (non-hydrogen) atoms. The SMILES string of the molecule is COC(=O)/C(=C/c1ccc(Cl)cc1)[C@@H]1[C@@H](c2ccccc2Cl)N1S(=O)(=O)c1ccc(C)cc1. The molecule has 3 aromatic carbocycles. The predicted molar refractivity (Wildman–Crippen MR) is 130 cm³/mol. The minimum Gasteiger partial charge on any atom is -0.466 e. The summed E-state index contributed by atoms with van der Waals surface area (Å²) >= 11 is 12.4. The van der Waals surface area contributed by atoms with Crippen LogP contribution >= 0.6 is 23.2 Å². The van der Waals surface area contributed by atoms with Crippen LogP contribution in [0, 0.1) is 6.92 Å². The molecule has 0 spiro atoms. The molecule has 0 amide bonds. The molecule has 0 N–H and O–H groups in total. The van der Waals surface area contributed by atoms with Gasteiger partial charge >= 0.3 is 5.97 Å². The predicted octanol–water partition coefficient (Wildman–Crippen LogP) is 5.67. The van der Waals surface area contributed by atoms with Gasteiger partial charge < -0.3 is 4.74 Å². The standard InChI is InChI=1S/C25H21Cl2NO4S/c1-16-7-13-19(14-8-16)33(30,31)28-23(20-5-3-4-6-22(20)27)24(28)21(25(29)32-2)15-17-9-11-18(26)12-10-17/h3-15,23-24H,1-2H3/b21-15+/t23-,24-,28?/m1/s1. The summed E-state index contributed by atoms with van der Waals surface area (Å²) in [5.41, 5.74) is 2.46. The first-order valence-corrected chi connectivity index (χ1v) is 12.3. The van der Waals surface area contributed by atoms with Crippen molar-refractivity contribution in [1.29, 1.82) is 0 Å². The lowest BCUT2D eigenvalue weighted by Gasteiger charge is -2.09. The summed E-state index contributed by atoms with van der Waals surface area (Å²) in [4.78, 5) is 13.0. The van der Waals surface area contributed by atoms with Crippen LogP contribution < -0.4 is 0 Å². The highest BCUT2D eigenvalue weighted by Crippen LogP contribution is 2.53. The van der Waals surface area contributed by atoms with Crippen LogP contribution in [0.4, 0.5) is 0 Å². The quantitative estimate of drug-likeness (QED) is 0.248. The fourth-order valence-electron chi connectivity index (χ4n) is 3.79. The van der Waals surface area contributed by atoms with E-state index in [2.05, 4.69) is 0 Å². The Morgan fingerprint density at radius 2 is 1.61 bits per heavy atom. The highest BCUT2D eigenvalue weighted by molar-refractivity contribution is 7.89. The Morgan fingerprint density at radius 3 is 2.21 bits per heavy atom. The lowest BCUT2D eigenvalue weighted by atomic mass is 10.0. The van der Waals surface area contributed by atoms with E-state index in [0.717, 1.165) is 5.56 Å². The number of halogens is 2. The molecule has 0 aliphatic carbocycles. The number of carbonyl (C=O) groups is 1. The first kappa shape index (κ1) is 23.5. The molecule has 1 heterocycles. The van der Waals surface area contributed by atoms with E-state index in [1.54, 1.807) is 78.9 Å². The Hall–Kier alpha value is -2.64. The second-order valence-electron chi connectivity index (χ2n) is 7.70. The number of benzene rings is 3. The van der Waals surface area contributed by atoms with Gasteiger partial charge in [0, 0.05) is 10.0 Å². The molecule has 5 nitrogen and oxygen atoms in total. The van der Waals surface area contributed by atoms with Gasteiger partial charge in [-0.3, -0.25) is 0 Å². The van der Waals surface area contributed by atoms with E-state index in [1.165, 1.54) is 11.4 Å². The second kappa shape index (κ2) is 9.31. The van der Waals surface area contributed by atoms with Crippen molar-refractivity contribution in [2.24, 2.45) is 0 Å². The number of sulfonamides is 1. The summed E-state index contributed by atoms with van der Waals surface area (Å²) in [5.74, 6) is -0.617. The van der Waals surface area contributed by atoms with E-state index in [9.17, 15) is 13.2 Å². The van der Waals surface area contributed by atoms with Gasteiger partial charge in [-0.2, -0.15) is 4.31 Å². The van der Waals surface area contributed by atoms with Crippen LogP contribution in [0.1, 0.15) is 22.7 Å². The molecule has 4 rings (SSSR count). The van der Waals surface area contributed by atoms with Crippen LogP contribution in [0.5, 0.6) is 0 Å². The van der Waals surface area contributed by atoms with Gasteiger partial charge in [0.15, 0.2) is 0 Å². The van der Waals surface area contributed by atoms with Crippen molar-refractivity contribution in [1.82, 2.24) is 4.31 Å². The van der Waals surface area contributed by atoms with Crippen LogP contribution in [0.3, 0.4) is 0 Å². The zero-order chi connectivity index (χ0) is 23.8. The van der Waals surface area contributed by atoms with Crippen molar-refractivity contribution in [3.63, 3.8) is 0 Å². The van der Waals surface area contributed by atoms with Crippen molar-refractivity contribution in [2.75, 3.05) is 7.11 Å².